The number of rotatable bonds is 5. The highest BCUT2D eigenvalue weighted by molar-refractivity contribution is 14.0. The van der Waals surface area contributed by atoms with Gasteiger partial charge in [0.05, 0.1) is 18.7 Å². The molecule has 3 N–H and O–H groups in total. The van der Waals surface area contributed by atoms with Crippen molar-refractivity contribution in [2.24, 2.45) is 22.1 Å². The van der Waals surface area contributed by atoms with E-state index in [1.807, 2.05) is 19.1 Å². The van der Waals surface area contributed by atoms with Crippen LogP contribution in [0.1, 0.15) is 44.7 Å². The van der Waals surface area contributed by atoms with Crippen LogP contribution in [0, 0.1) is 11.3 Å². The predicted molar refractivity (Wildman–Crippen MR) is 115 cm³/mol. The third kappa shape index (κ3) is 5.15. The molecule has 0 amide bonds. The van der Waals surface area contributed by atoms with Crippen LogP contribution in [-0.4, -0.2) is 25.2 Å². The largest absolute Gasteiger partial charge is 0.377 e. The van der Waals surface area contributed by atoms with E-state index in [0.717, 1.165) is 18.6 Å². The maximum absolute atomic E-state index is 6.25. The SMILES string of the molecule is CC(NC(N)=NCC1(C)CCOC1C1CC1)c1ccc(Cl)cc1Cl.I. The Morgan fingerprint density at radius 3 is 2.80 bits per heavy atom. The van der Waals surface area contributed by atoms with Crippen LogP contribution in [0.5, 0.6) is 0 Å². The van der Waals surface area contributed by atoms with E-state index in [1.54, 1.807) is 6.07 Å². The maximum atomic E-state index is 6.25. The van der Waals surface area contributed by atoms with Crippen LogP contribution < -0.4 is 11.1 Å². The summed E-state index contributed by atoms with van der Waals surface area (Å²) in [4.78, 5) is 4.59. The van der Waals surface area contributed by atoms with Crippen molar-refractivity contribution < 1.29 is 4.74 Å². The molecule has 1 aliphatic carbocycles. The molecule has 0 radical (unpaired) electrons. The third-order valence-electron chi connectivity index (χ3n) is 5.11. The second kappa shape index (κ2) is 8.63. The van der Waals surface area contributed by atoms with Crippen molar-refractivity contribution in [1.29, 1.82) is 0 Å². The first-order valence-corrected chi connectivity index (χ1v) is 9.28. The molecule has 1 heterocycles. The van der Waals surface area contributed by atoms with Crippen molar-refractivity contribution in [3.05, 3.63) is 33.8 Å². The molecule has 1 aromatic rings. The van der Waals surface area contributed by atoms with Crippen LogP contribution in [0.4, 0.5) is 0 Å². The van der Waals surface area contributed by atoms with Crippen molar-refractivity contribution in [2.75, 3.05) is 13.2 Å². The van der Waals surface area contributed by atoms with E-state index in [-0.39, 0.29) is 35.4 Å². The second-order valence-electron chi connectivity index (χ2n) is 7.27. The van der Waals surface area contributed by atoms with E-state index in [2.05, 4.69) is 17.2 Å². The van der Waals surface area contributed by atoms with Gasteiger partial charge in [-0.15, -0.1) is 24.0 Å². The highest BCUT2D eigenvalue weighted by Crippen LogP contribution is 2.47. The smallest absolute Gasteiger partial charge is 0.189 e. The molecule has 2 fully saturated rings. The zero-order chi connectivity index (χ0) is 17.3. The van der Waals surface area contributed by atoms with Gasteiger partial charge in [-0.2, -0.15) is 0 Å². The number of nitrogens with zero attached hydrogens (tertiary/aromatic N) is 1. The van der Waals surface area contributed by atoms with Gasteiger partial charge >= 0.3 is 0 Å². The van der Waals surface area contributed by atoms with Crippen LogP contribution in [0.2, 0.25) is 10.0 Å². The zero-order valence-electron chi connectivity index (χ0n) is 14.6. The fourth-order valence-electron chi connectivity index (χ4n) is 3.50. The summed E-state index contributed by atoms with van der Waals surface area (Å²) < 4.78 is 5.94. The Bertz CT molecular complexity index is 639. The molecule has 3 atom stereocenters. The van der Waals surface area contributed by atoms with Gasteiger partial charge in [0.2, 0.25) is 0 Å². The molecule has 1 aromatic carbocycles. The fraction of sp³-hybridized carbons (Fsp3) is 0.611. The van der Waals surface area contributed by atoms with E-state index in [0.29, 0.717) is 34.6 Å². The third-order valence-corrected chi connectivity index (χ3v) is 5.67. The minimum atomic E-state index is -0.0367. The summed E-state index contributed by atoms with van der Waals surface area (Å²) in [5.74, 6) is 1.16. The number of nitrogens with two attached hydrogens (primary N) is 1. The first-order chi connectivity index (χ1) is 11.4. The van der Waals surface area contributed by atoms with E-state index in [1.165, 1.54) is 12.8 Å². The summed E-state index contributed by atoms with van der Waals surface area (Å²) in [7, 11) is 0. The number of guanidine groups is 1. The molecule has 3 rings (SSSR count). The molecule has 7 heteroatoms. The molecule has 25 heavy (non-hydrogen) atoms. The molecular weight excluding hydrogens is 472 g/mol. The van der Waals surface area contributed by atoms with Gasteiger partial charge in [-0.1, -0.05) is 36.2 Å². The quantitative estimate of drug-likeness (QED) is 0.349. The molecule has 3 unspecified atom stereocenters. The lowest BCUT2D eigenvalue weighted by Gasteiger charge is -2.28. The first-order valence-electron chi connectivity index (χ1n) is 8.52. The summed E-state index contributed by atoms with van der Waals surface area (Å²) in [6.45, 7) is 5.79. The summed E-state index contributed by atoms with van der Waals surface area (Å²) in [6, 6.07) is 5.43. The molecule has 2 aliphatic rings. The predicted octanol–water partition coefficient (Wildman–Crippen LogP) is 4.78. The lowest BCUT2D eigenvalue weighted by molar-refractivity contribution is 0.0425. The van der Waals surface area contributed by atoms with Gasteiger partial charge in [0.1, 0.15) is 0 Å². The van der Waals surface area contributed by atoms with Crippen molar-refractivity contribution in [3.63, 3.8) is 0 Å². The molecule has 4 nitrogen and oxygen atoms in total. The van der Waals surface area contributed by atoms with Crippen LogP contribution >= 0.6 is 47.2 Å². The molecule has 1 aliphatic heterocycles. The number of ether oxygens (including phenoxy) is 1. The Morgan fingerprint density at radius 2 is 2.16 bits per heavy atom. The van der Waals surface area contributed by atoms with Gasteiger partial charge in [0.15, 0.2) is 5.96 Å². The Labute approximate surface area is 176 Å². The Balaban J connectivity index is 0.00000225. The van der Waals surface area contributed by atoms with E-state index >= 15 is 0 Å². The van der Waals surface area contributed by atoms with Gasteiger partial charge in [0, 0.05) is 22.1 Å². The highest BCUT2D eigenvalue weighted by Gasteiger charge is 2.48. The van der Waals surface area contributed by atoms with E-state index < -0.39 is 0 Å². The average Bonchev–Trinajstić information content (AvgIpc) is 3.28. The summed E-state index contributed by atoms with van der Waals surface area (Å²) in [5, 5.41) is 4.46. The lowest BCUT2D eigenvalue weighted by Crippen LogP contribution is -2.37. The average molecular weight is 498 g/mol. The fourth-order valence-corrected chi connectivity index (χ4v) is 4.07. The number of nitrogens with one attached hydrogen (secondary N) is 1. The van der Waals surface area contributed by atoms with Crippen LogP contribution in [0.15, 0.2) is 23.2 Å². The number of hydrogen-bond donors (Lipinski definition) is 2. The van der Waals surface area contributed by atoms with Crippen molar-refractivity contribution >= 4 is 53.1 Å². The highest BCUT2D eigenvalue weighted by atomic mass is 127. The topological polar surface area (TPSA) is 59.6 Å². The summed E-state index contributed by atoms with van der Waals surface area (Å²) in [5.41, 5.74) is 7.14. The summed E-state index contributed by atoms with van der Waals surface area (Å²) in [6.07, 6.45) is 3.94. The molecule has 1 saturated carbocycles. The van der Waals surface area contributed by atoms with Gasteiger partial charge in [-0.25, -0.2) is 0 Å². The number of hydrogen-bond acceptors (Lipinski definition) is 2. The molecule has 140 valence electrons. The summed E-state index contributed by atoms with van der Waals surface area (Å²) >= 11 is 12.2. The Kier molecular flexibility index (Phi) is 7.27. The molecule has 1 saturated heterocycles. The van der Waals surface area contributed by atoms with E-state index in [4.69, 9.17) is 33.7 Å². The minimum Gasteiger partial charge on any atom is -0.377 e. The zero-order valence-corrected chi connectivity index (χ0v) is 18.4. The lowest BCUT2D eigenvalue weighted by atomic mass is 9.81. The van der Waals surface area contributed by atoms with Crippen molar-refractivity contribution in [2.45, 2.75) is 45.3 Å². The number of benzene rings is 1. The van der Waals surface area contributed by atoms with Crippen LogP contribution in [0.3, 0.4) is 0 Å². The molecule has 0 bridgehead atoms. The molecule has 0 spiro atoms. The Hall–Kier alpha value is -0.240. The first kappa shape index (κ1) is 21.1. The Morgan fingerprint density at radius 1 is 1.44 bits per heavy atom. The minimum absolute atomic E-state index is 0. The van der Waals surface area contributed by atoms with Gasteiger partial charge in [-0.3, -0.25) is 4.99 Å². The van der Waals surface area contributed by atoms with Gasteiger partial charge < -0.3 is 15.8 Å². The molecule has 0 aromatic heterocycles. The number of halogens is 3. The van der Waals surface area contributed by atoms with Gasteiger partial charge in [0.25, 0.3) is 0 Å². The normalized spacial score (nSPS) is 27.7. The van der Waals surface area contributed by atoms with Crippen molar-refractivity contribution in [1.82, 2.24) is 5.32 Å². The molecular formula is C18H26Cl2IN3O. The standard InChI is InChI=1S/C18H25Cl2N3O.HI/c1-11(14-6-5-13(19)9-15(14)20)23-17(21)22-10-18(2)7-8-24-16(18)12-3-4-12;/h5-6,9,11-12,16H,3-4,7-8,10H2,1-2H3,(H3,21,22,23);1H. The van der Waals surface area contributed by atoms with Gasteiger partial charge in [-0.05, 0) is 49.8 Å². The number of aliphatic imine (C=N–C) groups is 1. The maximum Gasteiger partial charge on any atom is 0.189 e. The van der Waals surface area contributed by atoms with Crippen LogP contribution in [-0.2, 0) is 4.74 Å². The van der Waals surface area contributed by atoms with Crippen molar-refractivity contribution in [3.8, 4) is 0 Å². The van der Waals surface area contributed by atoms with E-state index in [9.17, 15) is 0 Å². The van der Waals surface area contributed by atoms with Crippen LogP contribution in [0.25, 0.3) is 0 Å². The second-order valence-corrected chi connectivity index (χ2v) is 8.11. The monoisotopic (exact) mass is 497 g/mol.